The Hall–Kier alpha value is -3.37. The predicted octanol–water partition coefficient (Wildman–Crippen LogP) is 3.27. The van der Waals surface area contributed by atoms with Gasteiger partial charge in [-0.2, -0.15) is 5.26 Å². The summed E-state index contributed by atoms with van der Waals surface area (Å²) in [6.45, 7) is 0.338. The summed E-state index contributed by atoms with van der Waals surface area (Å²) in [5.74, 6) is -0.372. The number of benzene rings is 2. The molecule has 0 aliphatic heterocycles. The number of halogens is 1. The fourth-order valence-electron chi connectivity index (χ4n) is 2.89. The molecule has 3 aromatic rings. The zero-order valence-corrected chi connectivity index (χ0v) is 16.7. The lowest BCUT2D eigenvalue weighted by atomic mass is 10.1. The van der Waals surface area contributed by atoms with Gasteiger partial charge in [0.2, 0.25) is 5.91 Å². The van der Waals surface area contributed by atoms with E-state index in [9.17, 15) is 10.1 Å². The summed E-state index contributed by atoms with van der Waals surface area (Å²) in [6.07, 6.45) is 0.557. The van der Waals surface area contributed by atoms with Crippen molar-refractivity contribution in [3.05, 3.63) is 58.9 Å². The van der Waals surface area contributed by atoms with Gasteiger partial charge in [0.25, 0.3) is 0 Å². The van der Waals surface area contributed by atoms with Gasteiger partial charge in [0.15, 0.2) is 22.6 Å². The quantitative estimate of drug-likeness (QED) is 0.642. The Bertz CT molecular complexity index is 1080. The minimum atomic E-state index is -1.15. The number of fused-ring (bicyclic) bond motifs is 1. The average molecular weight is 411 g/mol. The number of para-hydroxylation sites is 2. The SMILES string of the molecule is COc1ccc(CCNC(=O)[C@@H](C#N)c2nc3ccccc3nc2Cl)cc1OC. The van der Waals surface area contributed by atoms with Gasteiger partial charge >= 0.3 is 0 Å². The van der Waals surface area contributed by atoms with E-state index in [2.05, 4.69) is 15.3 Å². The summed E-state index contributed by atoms with van der Waals surface area (Å²) < 4.78 is 10.5. The van der Waals surface area contributed by atoms with Gasteiger partial charge in [0.1, 0.15) is 5.69 Å². The van der Waals surface area contributed by atoms with Crippen LogP contribution in [0.1, 0.15) is 17.2 Å². The zero-order chi connectivity index (χ0) is 20.8. The lowest BCUT2D eigenvalue weighted by Crippen LogP contribution is -2.31. The third kappa shape index (κ3) is 4.55. The lowest BCUT2D eigenvalue weighted by molar-refractivity contribution is -0.121. The molecule has 0 aliphatic rings. The number of nitrogens with zero attached hydrogens (tertiary/aromatic N) is 3. The molecule has 0 saturated heterocycles. The van der Waals surface area contributed by atoms with Crippen molar-refractivity contribution in [3.63, 3.8) is 0 Å². The lowest BCUT2D eigenvalue weighted by Gasteiger charge is -2.13. The number of carbonyl (C=O) groups is 1. The number of methoxy groups -OCH3 is 2. The van der Waals surface area contributed by atoms with Crippen LogP contribution in [-0.4, -0.2) is 36.6 Å². The second kappa shape index (κ2) is 9.22. The molecule has 0 saturated carbocycles. The number of hydrogen-bond donors (Lipinski definition) is 1. The molecule has 148 valence electrons. The van der Waals surface area contributed by atoms with Gasteiger partial charge in [-0.15, -0.1) is 0 Å². The molecule has 2 aromatic carbocycles. The van der Waals surface area contributed by atoms with Crippen molar-refractivity contribution in [1.82, 2.24) is 15.3 Å². The maximum absolute atomic E-state index is 12.6. The van der Waals surface area contributed by atoms with Crippen LogP contribution in [0.2, 0.25) is 5.15 Å². The Balaban J connectivity index is 1.70. The second-order valence-electron chi connectivity index (χ2n) is 6.18. The van der Waals surface area contributed by atoms with Crippen LogP contribution in [0.3, 0.4) is 0 Å². The van der Waals surface area contributed by atoms with Crippen LogP contribution in [0.25, 0.3) is 11.0 Å². The van der Waals surface area contributed by atoms with Crippen molar-refractivity contribution in [2.75, 3.05) is 20.8 Å². The molecular weight excluding hydrogens is 392 g/mol. The monoisotopic (exact) mass is 410 g/mol. The second-order valence-corrected chi connectivity index (χ2v) is 6.54. The molecule has 0 bridgehead atoms. The first kappa shape index (κ1) is 20.4. The Morgan fingerprint density at radius 3 is 2.48 bits per heavy atom. The Morgan fingerprint density at radius 2 is 1.83 bits per heavy atom. The van der Waals surface area contributed by atoms with E-state index in [1.807, 2.05) is 24.3 Å². The van der Waals surface area contributed by atoms with Gasteiger partial charge in [0, 0.05) is 6.54 Å². The third-order valence-electron chi connectivity index (χ3n) is 4.38. The highest BCUT2D eigenvalue weighted by Crippen LogP contribution is 2.28. The molecule has 1 N–H and O–H groups in total. The zero-order valence-electron chi connectivity index (χ0n) is 16.0. The number of amides is 1. The van der Waals surface area contributed by atoms with Gasteiger partial charge in [-0.1, -0.05) is 29.8 Å². The number of nitriles is 1. The summed E-state index contributed by atoms with van der Waals surface area (Å²) >= 11 is 6.18. The van der Waals surface area contributed by atoms with E-state index in [1.165, 1.54) is 0 Å². The largest absolute Gasteiger partial charge is 0.493 e. The third-order valence-corrected chi connectivity index (χ3v) is 4.66. The molecule has 29 heavy (non-hydrogen) atoms. The van der Waals surface area contributed by atoms with Gasteiger partial charge in [-0.05, 0) is 36.2 Å². The van der Waals surface area contributed by atoms with Gasteiger partial charge in [-0.3, -0.25) is 4.79 Å². The van der Waals surface area contributed by atoms with Crippen LogP contribution in [0.15, 0.2) is 42.5 Å². The molecular formula is C21H19ClN4O3. The summed E-state index contributed by atoms with van der Waals surface area (Å²) in [6, 6.07) is 14.7. The van der Waals surface area contributed by atoms with E-state index in [1.54, 1.807) is 38.5 Å². The van der Waals surface area contributed by atoms with Crippen LogP contribution < -0.4 is 14.8 Å². The first-order chi connectivity index (χ1) is 14.1. The average Bonchev–Trinajstić information content (AvgIpc) is 2.74. The number of ether oxygens (including phenoxy) is 2. The standard InChI is InChI=1S/C21H19ClN4O3/c1-28-17-8-7-13(11-18(17)29-2)9-10-24-21(27)14(12-23)19-20(22)26-16-6-4-3-5-15(16)25-19/h3-8,11,14H,9-10H2,1-2H3,(H,24,27)/t14-/m0/s1. The van der Waals surface area contributed by atoms with Crippen molar-refractivity contribution < 1.29 is 14.3 Å². The molecule has 1 aromatic heterocycles. The number of nitrogens with one attached hydrogen (secondary N) is 1. The van der Waals surface area contributed by atoms with Crippen LogP contribution in [-0.2, 0) is 11.2 Å². The molecule has 1 amide bonds. The van der Waals surface area contributed by atoms with E-state index < -0.39 is 11.8 Å². The fraction of sp³-hybridized carbons (Fsp3) is 0.238. The summed E-state index contributed by atoms with van der Waals surface area (Å²) in [4.78, 5) is 21.2. The molecule has 0 aliphatic carbocycles. The topological polar surface area (TPSA) is 97.1 Å². The van der Waals surface area contributed by atoms with Crippen molar-refractivity contribution >= 4 is 28.5 Å². The molecule has 7 nitrogen and oxygen atoms in total. The molecule has 1 heterocycles. The number of hydrogen-bond acceptors (Lipinski definition) is 6. The maximum Gasteiger partial charge on any atom is 0.243 e. The van der Waals surface area contributed by atoms with E-state index in [-0.39, 0.29) is 10.8 Å². The van der Waals surface area contributed by atoms with Gasteiger partial charge < -0.3 is 14.8 Å². The highest BCUT2D eigenvalue weighted by atomic mass is 35.5. The smallest absolute Gasteiger partial charge is 0.243 e. The van der Waals surface area contributed by atoms with Crippen LogP contribution in [0.5, 0.6) is 11.5 Å². The molecule has 0 fully saturated rings. The van der Waals surface area contributed by atoms with Crippen molar-refractivity contribution in [2.45, 2.75) is 12.3 Å². The van der Waals surface area contributed by atoms with Crippen LogP contribution >= 0.6 is 11.6 Å². The Morgan fingerprint density at radius 1 is 1.14 bits per heavy atom. The number of rotatable bonds is 7. The van der Waals surface area contributed by atoms with Crippen molar-refractivity contribution in [3.8, 4) is 17.6 Å². The van der Waals surface area contributed by atoms with E-state index in [0.29, 0.717) is 35.5 Å². The molecule has 0 unspecified atom stereocenters. The molecule has 8 heteroatoms. The van der Waals surface area contributed by atoms with E-state index >= 15 is 0 Å². The minimum Gasteiger partial charge on any atom is -0.493 e. The maximum atomic E-state index is 12.6. The van der Waals surface area contributed by atoms with E-state index in [0.717, 1.165) is 5.56 Å². The summed E-state index contributed by atoms with van der Waals surface area (Å²) in [5, 5.41) is 12.3. The highest BCUT2D eigenvalue weighted by Gasteiger charge is 2.25. The molecule has 1 atom stereocenters. The number of carbonyl (C=O) groups excluding carboxylic acids is 1. The first-order valence-corrected chi connectivity index (χ1v) is 9.25. The summed E-state index contributed by atoms with van der Waals surface area (Å²) in [5.41, 5.74) is 2.29. The molecule has 0 spiro atoms. The fourth-order valence-corrected chi connectivity index (χ4v) is 3.13. The highest BCUT2D eigenvalue weighted by molar-refractivity contribution is 6.30. The Labute approximate surface area is 173 Å². The van der Waals surface area contributed by atoms with Crippen LogP contribution in [0.4, 0.5) is 0 Å². The van der Waals surface area contributed by atoms with Gasteiger partial charge in [0.05, 0.1) is 31.3 Å². The Kier molecular flexibility index (Phi) is 6.47. The van der Waals surface area contributed by atoms with Crippen molar-refractivity contribution in [1.29, 1.82) is 5.26 Å². The van der Waals surface area contributed by atoms with E-state index in [4.69, 9.17) is 21.1 Å². The van der Waals surface area contributed by atoms with Gasteiger partial charge in [-0.25, -0.2) is 9.97 Å². The van der Waals surface area contributed by atoms with Crippen LogP contribution in [0, 0.1) is 11.3 Å². The molecule has 0 radical (unpaired) electrons. The van der Waals surface area contributed by atoms with Crippen molar-refractivity contribution in [2.24, 2.45) is 0 Å². The minimum absolute atomic E-state index is 0.0466. The summed E-state index contributed by atoms with van der Waals surface area (Å²) in [7, 11) is 3.13. The first-order valence-electron chi connectivity index (χ1n) is 8.87. The predicted molar refractivity (Wildman–Crippen MR) is 109 cm³/mol. The number of aromatic nitrogens is 2. The normalized spacial score (nSPS) is 11.5. The molecule has 3 rings (SSSR count).